The van der Waals surface area contributed by atoms with Gasteiger partial charge in [0, 0.05) is 23.1 Å². The molecule has 0 spiro atoms. The second-order valence-corrected chi connectivity index (χ2v) is 10.6. The maximum Gasteiger partial charge on any atom is 0.233 e. The smallest absolute Gasteiger partial charge is 0.233 e. The van der Waals surface area contributed by atoms with Crippen molar-refractivity contribution in [3.05, 3.63) is 28.6 Å². The van der Waals surface area contributed by atoms with E-state index in [0.717, 1.165) is 6.42 Å². The first-order chi connectivity index (χ1) is 16.9. The monoisotopic (exact) mass is 500 g/mol. The zero-order valence-corrected chi connectivity index (χ0v) is 20.0. The molecule has 3 aliphatic carbocycles. The topological polar surface area (TPSA) is 174 Å². The van der Waals surface area contributed by atoms with E-state index in [9.17, 15) is 29.4 Å². The average molecular weight is 501 g/mol. The van der Waals surface area contributed by atoms with Crippen molar-refractivity contribution in [1.29, 1.82) is 5.41 Å². The zero-order chi connectivity index (χ0) is 26.3. The summed E-state index contributed by atoms with van der Waals surface area (Å²) in [4.78, 5) is 54.1. The highest BCUT2D eigenvalue weighted by atomic mass is 19.1. The lowest BCUT2D eigenvalue weighted by Crippen LogP contribution is -2.73. The van der Waals surface area contributed by atoms with Crippen molar-refractivity contribution in [1.82, 2.24) is 10.2 Å². The zero-order valence-electron chi connectivity index (χ0n) is 20.0. The number of nitrogens with one attached hydrogen (secondary N) is 2. The van der Waals surface area contributed by atoms with E-state index in [2.05, 4.69) is 5.32 Å². The normalized spacial score (nSPS) is 36.0. The number of aromatic hydroxyl groups is 1. The highest BCUT2D eigenvalue weighted by Gasteiger charge is 2.67. The van der Waals surface area contributed by atoms with E-state index in [1.807, 2.05) is 0 Å². The molecule has 1 heterocycles. The molecule has 5 rings (SSSR count). The van der Waals surface area contributed by atoms with Crippen LogP contribution in [-0.2, 0) is 20.8 Å². The molecule has 1 amide bonds. The number of benzene rings is 1. The lowest BCUT2D eigenvalue weighted by molar-refractivity contribution is -0.157. The second kappa shape index (κ2) is 8.25. The van der Waals surface area contributed by atoms with Gasteiger partial charge in [-0.2, -0.15) is 0 Å². The first-order valence-corrected chi connectivity index (χ1v) is 12.1. The number of hydrogen-bond acceptors (Lipinski definition) is 9. The molecule has 2 saturated carbocycles. The Kier molecular flexibility index (Phi) is 5.66. The molecule has 192 valence electrons. The molecular weight excluding hydrogens is 471 g/mol. The molecule has 1 saturated heterocycles. The van der Waals surface area contributed by atoms with Crippen molar-refractivity contribution in [3.8, 4) is 5.75 Å². The number of Topliss-reactive ketones (excluding diaryl/α,β-unsaturated/α-hetero) is 3. The number of rotatable bonds is 3. The van der Waals surface area contributed by atoms with E-state index in [4.69, 9.17) is 11.1 Å². The van der Waals surface area contributed by atoms with Gasteiger partial charge in [-0.15, -0.1) is 0 Å². The Balaban J connectivity index is 1.63. The van der Waals surface area contributed by atoms with E-state index < -0.39 is 75.8 Å². The summed E-state index contributed by atoms with van der Waals surface area (Å²) in [7, 11) is 3.10. The van der Waals surface area contributed by atoms with Crippen LogP contribution in [0.25, 0.3) is 0 Å². The quantitative estimate of drug-likeness (QED) is 0.357. The van der Waals surface area contributed by atoms with Crippen LogP contribution in [-0.4, -0.2) is 76.4 Å². The van der Waals surface area contributed by atoms with Crippen molar-refractivity contribution in [2.75, 3.05) is 20.6 Å². The van der Waals surface area contributed by atoms with Crippen LogP contribution in [0.15, 0.2) is 6.07 Å². The van der Waals surface area contributed by atoms with Crippen LogP contribution in [0.2, 0.25) is 0 Å². The molecule has 10 nitrogen and oxygen atoms in total. The predicted molar refractivity (Wildman–Crippen MR) is 124 cm³/mol. The van der Waals surface area contributed by atoms with Gasteiger partial charge in [-0.25, -0.2) is 4.39 Å². The number of halogens is 1. The van der Waals surface area contributed by atoms with Gasteiger partial charge in [0.2, 0.25) is 5.91 Å². The van der Waals surface area contributed by atoms with Crippen LogP contribution in [0.1, 0.15) is 46.8 Å². The van der Waals surface area contributed by atoms with Gasteiger partial charge in [0.15, 0.2) is 23.0 Å². The number of nitrogens with zero attached hydrogens (tertiary/aromatic N) is 1. The molecule has 7 atom stereocenters. The number of aliphatic hydroxyl groups is 1. The van der Waals surface area contributed by atoms with Gasteiger partial charge < -0.3 is 26.7 Å². The van der Waals surface area contributed by atoms with Crippen molar-refractivity contribution < 1.29 is 33.8 Å². The summed E-state index contributed by atoms with van der Waals surface area (Å²) in [6, 6.07) is -0.199. The lowest BCUT2D eigenvalue weighted by atomic mass is 9.52. The number of likely N-dealkylation sites (N-methyl/N-ethyl adjacent to an activating group) is 1. The standard InChI is InChI=1S/C25H29FN4O6/c1-30(2)19-12-7-9-6-11-16(14(31)8-10(18(11)26)13-4-3-5-29-13)20(32)15(9)23(34)25(12,36)22(27)17(21(19)33)24(28)35/h8-9,12-13,15,17,19,27,29,31,36H,3-7H2,1-2H3,(H2,28,35). The molecule has 0 aromatic heterocycles. The Labute approximate surface area is 206 Å². The number of phenolic OH excluding ortho intramolecular Hbond substituents is 1. The van der Waals surface area contributed by atoms with Crippen molar-refractivity contribution in [3.63, 3.8) is 0 Å². The number of fused-ring (bicyclic) bond motifs is 3. The fourth-order valence-corrected chi connectivity index (χ4v) is 6.93. The lowest BCUT2D eigenvalue weighted by Gasteiger charge is -2.53. The summed E-state index contributed by atoms with van der Waals surface area (Å²) >= 11 is 0. The molecule has 0 radical (unpaired) electrons. The van der Waals surface area contributed by atoms with Gasteiger partial charge in [-0.05, 0) is 58.3 Å². The van der Waals surface area contributed by atoms with Gasteiger partial charge in [-0.3, -0.25) is 24.1 Å². The fraction of sp³-hybridized carbons (Fsp3) is 0.560. The molecule has 3 fully saturated rings. The Hall–Kier alpha value is -3.02. The Bertz CT molecular complexity index is 1230. The fourth-order valence-electron chi connectivity index (χ4n) is 6.93. The van der Waals surface area contributed by atoms with Gasteiger partial charge in [0.25, 0.3) is 0 Å². The predicted octanol–water partition coefficient (Wildman–Crippen LogP) is -0.119. The molecule has 0 bridgehead atoms. The molecular formula is C25H29FN4O6. The molecule has 36 heavy (non-hydrogen) atoms. The molecule has 1 aromatic carbocycles. The molecule has 1 aliphatic heterocycles. The maximum atomic E-state index is 15.7. The Morgan fingerprint density at radius 1 is 1.31 bits per heavy atom. The van der Waals surface area contributed by atoms with Crippen molar-refractivity contribution in [2.45, 2.75) is 43.4 Å². The maximum absolute atomic E-state index is 15.7. The third-order valence-corrected chi connectivity index (χ3v) is 8.52. The molecule has 7 unspecified atom stereocenters. The Morgan fingerprint density at radius 3 is 2.58 bits per heavy atom. The molecule has 11 heteroatoms. The van der Waals surface area contributed by atoms with Gasteiger partial charge in [0.1, 0.15) is 17.5 Å². The van der Waals surface area contributed by atoms with E-state index in [-0.39, 0.29) is 35.6 Å². The molecule has 1 aromatic rings. The first-order valence-electron chi connectivity index (χ1n) is 12.1. The summed E-state index contributed by atoms with van der Waals surface area (Å²) in [5.74, 6) is -9.88. The van der Waals surface area contributed by atoms with Gasteiger partial charge in [-0.1, -0.05) is 0 Å². The summed E-state index contributed by atoms with van der Waals surface area (Å²) in [5.41, 5.74) is 1.97. The first kappa shape index (κ1) is 24.7. The van der Waals surface area contributed by atoms with E-state index in [1.54, 1.807) is 14.1 Å². The number of hydrogen-bond donors (Lipinski definition) is 5. The minimum Gasteiger partial charge on any atom is -0.507 e. The molecule has 6 N–H and O–H groups in total. The minimum atomic E-state index is -2.57. The van der Waals surface area contributed by atoms with E-state index >= 15 is 4.39 Å². The average Bonchev–Trinajstić information content (AvgIpc) is 3.32. The van der Waals surface area contributed by atoms with Crippen LogP contribution < -0.4 is 11.1 Å². The number of amides is 1. The van der Waals surface area contributed by atoms with Crippen LogP contribution >= 0.6 is 0 Å². The van der Waals surface area contributed by atoms with Crippen LogP contribution in [0, 0.1) is 34.9 Å². The SMILES string of the molecule is CN(C)C1C(=O)C(C(N)=O)C(=N)C2(O)C(=O)C3C(=O)c4c(O)cc(C5CCCN5)c(F)c4CC3CC12. The van der Waals surface area contributed by atoms with Gasteiger partial charge >= 0.3 is 0 Å². The third-order valence-electron chi connectivity index (χ3n) is 8.52. The van der Waals surface area contributed by atoms with Crippen LogP contribution in [0.3, 0.4) is 0 Å². The summed E-state index contributed by atoms with van der Waals surface area (Å²) in [6.45, 7) is 0.707. The van der Waals surface area contributed by atoms with Crippen LogP contribution in [0.5, 0.6) is 5.75 Å². The number of primary amides is 1. The minimum absolute atomic E-state index is 0.0248. The summed E-state index contributed by atoms with van der Waals surface area (Å²) < 4.78 is 15.7. The van der Waals surface area contributed by atoms with Gasteiger partial charge in [0.05, 0.1) is 23.2 Å². The van der Waals surface area contributed by atoms with E-state index in [1.165, 1.54) is 11.0 Å². The second-order valence-electron chi connectivity index (χ2n) is 10.6. The number of carbonyl (C=O) groups excluding carboxylic acids is 4. The highest BCUT2D eigenvalue weighted by Crippen LogP contribution is 2.51. The largest absolute Gasteiger partial charge is 0.507 e. The van der Waals surface area contributed by atoms with E-state index in [0.29, 0.717) is 13.0 Å². The van der Waals surface area contributed by atoms with Crippen molar-refractivity contribution >= 4 is 29.0 Å². The third kappa shape index (κ3) is 3.15. The van der Waals surface area contributed by atoms with Crippen molar-refractivity contribution in [2.24, 2.45) is 29.4 Å². The summed E-state index contributed by atoms with van der Waals surface area (Å²) in [5, 5.41) is 34.0. The number of nitrogens with two attached hydrogens (primary N) is 1. The van der Waals surface area contributed by atoms with Crippen LogP contribution in [0.4, 0.5) is 4.39 Å². The molecule has 4 aliphatic rings. The number of ketones is 3. The highest BCUT2D eigenvalue weighted by molar-refractivity contribution is 6.33. The number of phenols is 1. The number of carbonyl (C=O) groups is 4. The summed E-state index contributed by atoms with van der Waals surface area (Å²) in [6.07, 6.45) is 1.44. The Morgan fingerprint density at radius 2 is 2.00 bits per heavy atom.